The van der Waals surface area contributed by atoms with Gasteiger partial charge in [-0.05, 0) is 32.4 Å². The molecule has 0 radical (unpaired) electrons. The zero-order chi connectivity index (χ0) is 15.3. The molecule has 1 unspecified atom stereocenters. The van der Waals surface area contributed by atoms with Crippen LogP contribution >= 0.6 is 0 Å². The number of nitro groups is 1. The molecule has 0 amide bonds. The Morgan fingerprint density at radius 1 is 1.45 bits per heavy atom. The van der Waals surface area contributed by atoms with Gasteiger partial charge in [0.1, 0.15) is 0 Å². The van der Waals surface area contributed by atoms with Gasteiger partial charge in [-0.3, -0.25) is 10.1 Å². The maximum absolute atomic E-state index is 10.9. The lowest BCUT2D eigenvalue weighted by atomic mass is 10.0. The van der Waals surface area contributed by atoms with Crippen molar-refractivity contribution >= 4 is 15.7 Å². The third kappa shape index (κ3) is 5.24. The summed E-state index contributed by atoms with van der Waals surface area (Å²) in [4.78, 5) is 10.5. The molecule has 0 saturated heterocycles. The number of benzene rings is 1. The van der Waals surface area contributed by atoms with Crippen molar-refractivity contribution in [1.82, 2.24) is 5.32 Å². The van der Waals surface area contributed by atoms with E-state index in [1.54, 1.807) is 13.0 Å². The van der Waals surface area contributed by atoms with Crippen LogP contribution in [0.15, 0.2) is 18.2 Å². The van der Waals surface area contributed by atoms with Crippen LogP contribution in [0.5, 0.6) is 0 Å². The smallest absolute Gasteiger partial charge is 0.272 e. The van der Waals surface area contributed by atoms with Gasteiger partial charge in [0.2, 0.25) is 10.0 Å². The van der Waals surface area contributed by atoms with E-state index in [0.29, 0.717) is 18.5 Å². The Hall–Kier alpha value is -1.51. The minimum absolute atomic E-state index is 0.0826. The molecule has 1 rings (SSSR count). The fourth-order valence-electron chi connectivity index (χ4n) is 1.80. The molecule has 0 aliphatic heterocycles. The first kappa shape index (κ1) is 16.5. The van der Waals surface area contributed by atoms with Gasteiger partial charge in [0.15, 0.2) is 0 Å². The Bertz CT molecular complexity index is 586. The van der Waals surface area contributed by atoms with Crippen LogP contribution in [0.1, 0.15) is 30.5 Å². The molecule has 20 heavy (non-hydrogen) atoms. The maximum Gasteiger partial charge on any atom is 0.272 e. The highest BCUT2D eigenvalue weighted by atomic mass is 32.2. The second-order valence-corrected chi connectivity index (χ2v) is 6.43. The largest absolute Gasteiger partial charge is 0.310 e. The molecule has 1 aromatic rings. The van der Waals surface area contributed by atoms with Crippen molar-refractivity contribution in [2.45, 2.75) is 26.3 Å². The average molecular weight is 301 g/mol. The Labute approximate surface area is 118 Å². The number of nitrogens with zero attached hydrogens (tertiary/aromatic N) is 1. The van der Waals surface area contributed by atoms with E-state index < -0.39 is 14.9 Å². The third-order valence-electron chi connectivity index (χ3n) is 2.99. The van der Waals surface area contributed by atoms with Crippen molar-refractivity contribution < 1.29 is 13.3 Å². The molecule has 0 bridgehead atoms. The number of primary sulfonamides is 1. The van der Waals surface area contributed by atoms with E-state index in [0.717, 1.165) is 5.56 Å². The molecule has 8 heteroatoms. The Morgan fingerprint density at radius 2 is 2.10 bits per heavy atom. The van der Waals surface area contributed by atoms with Crippen LogP contribution in [-0.2, 0) is 10.0 Å². The average Bonchev–Trinajstić information content (AvgIpc) is 2.33. The van der Waals surface area contributed by atoms with Crippen molar-refractivity contribution in [3.63, 3.8) is 0 Å². The minimum atomic E-state index is -3.44. The summed E-state index contributed by atoms with van der Waals surface area (Å²) >= 11 is 0. The minimum Gasteiger partial charge on any atom is -0.310 e. The Kier molecular flexibility index (Phi) is 5.61. The maximum atomic E-state index is 10.9. The van der Waals surface area contributed by atoms with Gasteiger partial charge in [-0.25, -0.2) is 13.6 Å². The van der Waals surface area contributed by atoms with Gasteiger partial charge in [0.25, 0.3) is 5.69 Å². The number of aryl methyl sites for hydroxylation is 1. The topological polar surface area (TPSA) is 115 Å². The molecule has 1 atom stereocenters. The van der Waals surface area contributed by atoms with E-state index in [1.807, 2.05) is 13.0 Å². The van der Waals surface area contributed by atoms with Gasteiger partial charge in [-0.15, -0.1) is 0 Å². The number of nitrogens with one attached hydrogen (secondary N) is 1. The first-order valence-corrected chi connectivity index (χ1v) is 7.91. The molecule has 0 heterocycles. The molecule has 0 aliphatic rings. The first-order valence-electron chi connectivity index (χ1n) is 6.19. The highest BCUT2D eigenvalue weighted by Gasteiger charge is 2.14. The van der Waals surface area contributed by atoms with Crippen LogP contribution in [0.3, 0.4) is 0 Å². The molecule has 0 aromatic heterocycles. The molecular weight excluding hydrogens is 282 g/mol. The van der Waals surface area contributed by atoms with E-state index in [9.17, 15) is 18.5 Å². The van der Waals surface area contributed by atoms with Crippen LogP contribution in [0.2, 0.25) is 0 Å². The van der Waals surface area contributed by atoms with Gasteiger partial charge >= 0.3 is 0 Å². The highest BCUT2D eigenvalue weighted by Crippen LogP contribution is 2.23. The predicted molar refractivity (Wildman–Crippen MR) is 76.8 cm³/mol. The summed E-state index contributed by atoms with van der Waals surface area (Å²) in [7, 11) is -3.44. The monoisotopic (exact) mass is 301 g/mol. The van der Waals surface area contributed by atoms with Crippen molar-refractivity contribution in [1.29, 1.82) is 0 Å². The van der Waals surface area contributed by atoms with Crippen LogP contribution in [0, 0.1) is 17.0 Å². The summed E-state index contributed by atoms with van der Waals surface area (Å²) in [5, 5.41) is 18.9. The molecular formula is C12H19N3O4S. The zero-order valence-electron chi connectivity index (χ0n) is 11.5. The second kappa shape index (κ2) is 6.78. The lowest BCUT2D eigenvalue weighted by molar-refractivity contribution is -0.385. The summed E-state index contributed by atoms with van der Waals surface area (Å²) in [5.41, 5.74) is 1.48. The molecule has 1 aromatic carbocycles. The van der Waals surface area contributed by atoms with Crippen molar-refractivity contribution in [2.24, 2.45) is 5.14 Å². The van der Waals surface area contributed by atoms with E-state index in [-0.39, 0.29) is 17.5 Å². The van der Waals surface area contributed by atoms with Gasteiger partial charge in [-0.1, -0.05) is 12.1 Å². The van der Waals surface area contributed by atoms with E-state index >= 15 is 0 Å². The number of nitrogens with two attached hydrogens (primary N) is 1. The van der Waals surface area contributed by atoms with Crippen LogP contribution in [-0.4, -0.2) is 25.6 Å². The summed E-state index contributed by atoms with van der Waals surface area (Å²) in [5.74, 6) is -0.0826. The normalized spacial score (nSPS) is 13.2. The van der Waals surface area contributed by atoms with Crippen LogP contribution < -0.4 is 10.5 Å². The molecule has 112 valence electrons. The molecule has 7 nitrogen and oxygen atoms in total. The van der Waals surface area contributed by atoms with Crippen molar-refractivity contribution in [3.8, 4) is 0 Å². The predicted octanol–water partition coefficient (Wildman–Crippen LogP) is 1.23. The van der Waals surface area contributed by atoms with Gasteiger partial charge in [0.05, 0.1) is 10.7 Å². The van der Waals surface area contributed by atoms with Crippen molar-refractivity contribution in [2.75, 3.05) is 12.3 Å². The first-order chi connectivity index (χ1) is 9.20. The number of hydrogen-bond acceptors (Lipinski definition) is 5. The van der Waals surface area contributed by atoms with E-state index in [1.165, 1.54) is 6.07 Å². The van der Waals surface area contributed by atoms with E-state index in [2.05, 4.69) is 5.32 Å². The van der Waals surface area contributed by atoms with Crippen LogP contribution in [0.25, 0.3) is 0 Å². The fraction of sp³-hybridized carbons (Fsp3) is 0.500. The van der Waals surface area contributed by atoms with Crippen molar-refractivity contribution in [3.05, 3.63) is 39.4 Å². The Morgan fingerprint density at radius 3 is 2.65 bits per heavy atom. The lowest BCUT2D eigenvalue weighted by Crippen LogP contribution is -2.24. The van der Waals surface area contributed by atoms with E-state index in [4.69, 9.17) is 5.14 Å². The highest BCUT2D eigenvalue weighted by molar-refractivity contribution is 7.89. The molecule has 0 fully saturated rings. The number of rotatable bonds is 7. The Balaban J connectivity index is 2.62. The molecule has 0 spiro atoms. The summed E-state index contributed by atoms with van der Waals surface area (Å²) < 4.78 is 21.6. The SMILES string of the molecule is Cc1ccc(C(C)NCCCS(N)(=O)=O)cc1[N+](=O)[O-]. The van der Waals surface area contributed by atoms with Gasteiger partial charge in [0, 0.05) is 17.7 Å². The quantitative estimate of drug-likeness (QED) is 0.446. The van der Waals surface area contributed by atoms with Gasteiger partial charge in [-0.2, -0.15) is 0 Å². The lowest BCUT2D eigenvalue weighted by Gasteiger charge is -2.14. The summed E-state index contributed by atoms with van der Waals surface area (Å²) in [6.07, 6.45) is 0.400. The molecule has 0 aliphatic carbocycles. The summed E-state index contributed by atoms with van der Waals surface area (Å²) in [6.45, 7) is 4.02. The number of sulfonamides is 1. The number of hydrogen-bond donors (Lipinski definition) is 2. The summed E-state index contributed by atoms with van der Waals surface area (Å²) in [6, 6.07) is 4.96. The van der Waals surface area contributed by atoms with Gasteiger partial charge < -0.3 is 5.32 Å². The number of nitro benzene ring substituents is 1. The second-order valence-electron chi connectivity index (χ2n) is 4.70. The standard InChI is InChI=1S/C12H19N3O4S/c1-9-4-5-11(8-12(9)15(16)17)10(2)14-6-3-7-20(13,18)19/h4-5,8,10,14H,3,6-7H2,1-2H3,(H2,13,18,19). The molecule has 0 saturated carbocycles. The zero-order valence-corrected chi connectivity index (χ0v) is 12.3. The fourth-order valence-corrected chi connectivity index (χ4v) is 2.35. The molecule has 3 N–H and O–H groups in total. The van der Waals surface area contributed by atoms with Crippen LogP contribution in [0.4, 0.5) is 5.69 Å². The third-order valence-corrected chi connectivity index (χ3v) is 3.84.